The van der Waals surface area contributed by atoms with Gasteiger partial charge < -0.3 is 40.0 Å². The van der Waals surface area contributed by atoms with Crippen LogP contribution < -0.4 is 31.0 Å². The summed E-state index contributed by atoms with van der Waals surface area (Å²) in [6, 6.07) is 9.99. The number of nitrogens with zero attached hydrogens (tertiary/aromatic N) is 7. The second-order valence-corrected chi connectivity index (χ2v) is 16.2. The Morgan fingerprint density at radius 2 is 1.93 bits per heavy atom. The maximum atomic E-state index is 14.1. The van der Waals surface area contributed by atoms with Crippen molar-refractivity contribution in [2.24, 2.45) is 10.9 Å². The van der Waals surface area contributed by atoms with Gasteiger partial charge in [0.05, 0.1) is 13.3 Å². The van der Waals surface area contributed by atoms with Crippen LogP contribution >= 0.6 is 23.3 Å². The van der Waals surface area contributed by atoms with Gasteiger partial charge in [-0.25, -0.2) is 14.2 Å². The quantitative estimate of drug-likeness (QED) is 0.0281. The minimum atomic E-state index is -1.03. The fraction of sp³-hybridized carbons (Fsp3) is 0.447. The second-order valence-electron chi connectivity index (χ2n) is 14.3. The van der Waals surface area contributed by atoms with Crippen LogP contribution in [0, 0.1) is 0 Å². The summed E-state index contributed by atoms with van der Waals surface area (Å²) in [6.45, 7) is 10.1. The van der Waals surface area contributed by atoms with E-state index in [1.807, 2.05) is 22.9 Å². The van der Waals surface area contributed by atoms with Crippen molar-refractivity contribution in [3.05, 3.63) is 71.6 Å². The standard InChI is InChI=1S/C38H47N11O8S2/c1-6-56-45-27(30-43-36(59-46-30)44-37(53)57-38(2,3)4)32(50)42-28-33(51)49-29(35(52)55-20-23-10-12-25(54-5)13-11-23)24(21-58-34(28)49)19-47-17-7-9-26-31(47)41-22-48(26)18-8-15-40-16-14-39/h7,9-13,17,22,28,34,40H,6,8,14-16,18-21,39H2,1-5H3,(H-,42,43,44,46,50,53)/p+1/b45-27-. The van der Waals surface area contributed by atoms with E-state index in [0.29, 0.717) is 29.3 Å². The Kier molecular flexibility index (Phi) is 14.1. The number of pyridine rings is 1. The van der Waals surface area contributed by atoms with E-state index in [0.717, 1.165) is 48.7 Å². The van der Waals surface area contributed by atoms with Crippen molar-refractivity contribution >= 4 is 69.2 Å². The van der Waals surface area contributed by atoms with Crippen LogP contribution in [0.1, 0.15) is 45.5 Å². The number of β-lactam (4-membered cyclic amide) rings is 1. The van der Waals surface area contributed by atoms with E-state index in [9.17, 15) is 19.2 Å². The largest absolute Gasteiger partial charge is 0.497 e. The number of aromatic nitrogens is 5. The molecule has 59 heavy (non-hydrogen) atoms. The molecule has 0 spiro atoms. The molecule has 5 heterocycles. The summed E-state index contributed by atoms with van der Waals surface area (Å²) in [5.74, 6) is -1.12. The molecule has 314 valence electrons. The van der Waals surface area contributed by atoms with Crippen LogP contribution in [0.3, 0.4) is 0 Å². The van der Waals surface area contributed by atoms with Crippen molar-refractivity contribution in [3.8, 4) is 5.75 Å². The molecule has 1 aromatic carbocycles. The van der Waals surface area contributed by atoms with E-state index in [2.05, 4.69) is 35.0 Å². The number of rotatable bonds is 18. The number of esters is 1. The highest BCUT2D eigenvalue weighted by atomic mass is 32.2. The molecular weight excluding hydrogens is 803 g/mol. The Morgan fingerprint density at radius 1 is 1.14 bits per heavy atom. The monoisotopic (exact) mass is 850 g/mol. The van der Waals surface area contributed by atoms with Gasteiger partial charge in [0.25, 0.3) is 11.8 Å². The maximum Gasteiger partial charge on any atom is 0.414 e. The van der Waals surface area contributed by atoms with Crippen LogP contribution in [0.15, 0.2) is 65.3 Å². The van der Waals surface area contributed by atoms with Crippen LogP contribution in [0.5, 0.6) is 5.75 Å². The maximum absolute atomic E-state index is 14.1. The van der Waals surface area contributed by atoms with Crippen LogP contribution in [0.25, 0.3) is 11.2 Å². The van der Waals surface area contributed by atoms with Gasteiger partial charge >= 0.3 is 17.7 Å². The van der Waals surface area contributed by atoms with Gasteiger partial charge in [0.15, 0.2) is 0 Å². The number of carbonyl (C=O) groups excluding carboxylic acids is 4. The number of thioether (sulfide) groups is 1. The van der Waals surface area contributed by atoms with Crippen LogP contribution in [0.2, 0.25) is 0 Å². The molecule has 0 aliphatic carbocycles. The van der Waals surface area contributed by atoms with Crippen molar-refractivity contribution < 1.29 is 42.8 Å². The molecule has 0 radical (unpaired) electrons. The number of ether oxygens (including phenoxy) is 3. The Hall–Kier alpha value is -5.64. The summed E-state index contributed by atoms with van der Waals surface area (Å²) in [6.07, 6.45) is 3.81. The lowest BCUT2D eigenvalue weighted by Crippen LogP contribution is -2.71. The molecule has 19 nitrogen and oxygen atoms in total. The van der Waals surface area contributed by atoms with Gasteiger partial charge in [-0.3, -0.25) is 19.8 Å². The first-order valence-electron chi connectivity index (χ1n) is 19.0. The molecule has 2 aliphatic heterocycles. The van der Waals surface area contributed by atoms with Crippen molar-refractivity contribution in [1.82, 2.24) is 34.4 Å². The Balaban J connectivity index is 1.22. The predicted octanol–water partition coefficient (Wildman–Crippen LogP) is 2.31. The van der Waals surface area contributed by atoms with Gasteiger partial charge in [-0.2, -0.15) is 9.36 Å². The minimum Gasteiger partial charge on any atom is -0.497 e. The molecule has 2 atom stereocenters. The molecule has 3 aromatic heterocycles. The van der Waals surface area contributed by atoms with Crippen LogP contribution in [-0.2, 0) is 48.4 Å². The lowest BCUT2D eigenvalue weighted by Gasteiger charge is -2.49. The Labute approximate surface area is 348 Å². The number of imidazole rings is 1. The number of carbonyl (C=O) groups is 4. The van der Waals surface area contributed by atoms with Crippen molar-refractivity contribution in [2.75, 3.05) is 44.4 Å². The third-order valence-electron chi connectivity index (χ3n) is 8.89. The summed E-state index contributed by atoms with van der Waals surface area (Å²) in [4.78, 5) is 69.6. The van der Waals surface area contributed by atoms with E-state index >= 15 is 0 Å². The molecule has 5 N–H and O–H groups in total. The van der Waals surface area contributed by atoms with Crippen LogP contribution in [-0.4, -0.2) is 110 Å². The number of oxime groups is 1. The average molecular weight is 851 g/mol. The molecule has 2 aliphatic rings. The molecule has 21 heteroatoms. The zero-order chi connectivity index (χ0) is 42.1. The Morgan fingerprint density at radius 3 is 2.66 bits per heavy atom. The first-order chi connectivity index (χ1) is 28.4. The number of hydrogen-bond acceptors (Lipinski definition) is 16. The highest BCUT2D eigenvalue weighted by molar-refractivity contribution is 8.00. The smallest absolute Gasteiger partial charge is 0.414 e. The first kappa shape index (κ1) is 43.0. The molecule has 4 aromatic rings. The number of aryl methyl sites for hydroxylation is 1. The minimum absolute atomic E-state index is 0.0461. The molecule has 2 unspecified atom stereocenters. The number of amides is 3. The predicted molar refractivity (Wildman–Crippen MR) is 219 cm³/mol. The van der Waals surface area contributed by atoms with Gasteiger partial charge in [0, 0.05) is 42.5 Å². The fourth-order valence-electron chi connectivity index (χ4n) is 6.21. The van der Waals surface area contributed by atoms with Gasteiger partial charge in [-0.05, 0) is 75.5 Å². The summed E-state index contributed by atoms with van der Waals surface area (Å²) >= 11 is 2.21. The van der Waals surface area contributed by atoms with E-state index in [1.165, 1.54) is 16.7 Å². The molecule has 0 bridgehead atoms. The lowest BCUT2D eigenvalue weighted by atomic mass is 10.0. The topological polar surface area (TPSA) is 230 Å². The van der Waals surface area contributed by atoms with Crippen LogP contribution in [0.4, 0.5) is 9.93 Å². The molecule has 1 fully saturated rings. The number of nitrogens with two attached hydrogens (primary N) is 1. The highest BCUT2D eigenvalue weighted by Gasteiger charge is 2.55. The normalized spacial score (nSPS) is 16.7. The van der Waals surface area contributed by atoms with Crippen molar-refractivity contribution in [2.45, 2.75) is 70.8 Å². The number of methoxy groups -OCH3 is 1. The van der Waals surface area contributed by atoms with E-state index in [-0.39, 0.29) is 42.1 Å². The number of hydrogen-bond donors (Lipinski definition) is 4. The molecule has 6 rings (SSSR count). The van der Waals surface area contributed by atoms with Crippen molar-refractivity contribution in [1.29, 1.82) is 0 Å². The zero-order valence-corrected chi connectivity index (χ0v) is 35.1. The van der Waals surface area contributed by atoms with Gasteiger partial charge in [0.2, 0.25) is 23.0 Å². The Bertz CT molecular complexity index is 2220. The third kappa shape index (κ3) is 10.5. The van der Waals surface area contributed by atoms with Gasteiger partial charge in [-0.1, -0.05) is 17.3 Å². The number of nitrogens with one attached hydrogen (secondary N) is 3. The number of fused-ring (bicyclic) bond motifs is 2. The number of benzene rings is 1. The average Bonchev–Trinajstić information content (AvgIpc) is 3.85. The molecular formula is C38H48N11O8S2+. The summed E-state index contributed by atoms with van der Waals surface area (Å²) in [5.41, 5.74) is 7.67. The highest BCUT2D eigenvalue weighted by Crippen LogP contribution is 2.41. The van der Waals surface area contributed by atoms with Gasteiger partial charge in [0.1, 0.15) is 53.7 Å². The summed E-state index contributed by atoms with van der Waals surface area (Å²) < 4.78 is 24.5. The van der Waals surface area contributed by atoms with E-state index in [4.69, 9.17) is 29.8 Å². The van der Waals surface area contributed by atoms with Gasteiger partial charge in [-0.15, -0.1) is 11.8 Å². The SMILES string of the molecule is CCO/N=C(\C(=O)NC1C(=O)N2C(C(=O)OCc3ccc(OC)cc3)=C(C[n+]3cccc4c3ncn4CCCNCCN)CSC12)c1nsc(NC(=O)OC(C)(C)C)n1. The van der Waals surface area contributed by atoms with E-state index < -0.39 is 40.9 Å². The third-order valence-corrected chi connectivity index (χ3v) is 10.9. The molecule has 3 amide bonds. The molecule has 1 saturated heterocycles. The first-order valence-corrected chi connectivity index (χ1v) is 20.8. The fourth-order valence-corrected chi connectivity index (χ4v) is 8.10. The zero-order valence-electron chi connectivity index (χ0n) is 33.4. The lowest BCUT2D eigenvalue weighted by molar-refractivity contribution is -0.664. The van der Waals surface area contributed by atoms with E-state index in [1.54, 1.807) is 65.4 Å². The summed E-state index contributed by atoms with van der Waals surface area (Å²) in [7, 11) is 1.57. The second kappa shape index (κ2) is 19.4. The summed E-state index contributed by atoms with van der Waals surface area (Å²) in [5, 5.41) is 11.9. The number of anilines is 1. The molecule has 0 saturated carbocycles. The van der Waals surface area contributed by atoms with Crippen molar-refractivity contribution in [3.63, 3.8) is 0 Å².